The smallest absolute Gasteiger partial charge is 0.137 e. The summed E-state index contributed by atoms with van der Waals surface area (Å²) < 4.78 is 15.9. The first-order valence-corrected chi connectivity index (χ1v) is 20.9. The van der Waals surface area contributed by atoms with E-state index in [1.54, 1.807) is 0 Å². The van der Waals surface area contributed by atoms with Crippen LogP contribution in [-0.4, -0.2) is 4.57 Å². The molecule has 11 aromatic rings. The van der Waals surface area contributed by atoms with Crippen LogP contribution < -0.4 is 4.90 Å². The van der Waals surface area contributed by atoms with E-state index in [2.05, 4.69) is 195 Å². The van der Waals surface area contributed by atoms with Gasteiger partial charge in [0.2, 0.25) is 0 Å². The summed E-state index contributed by atoms with van der Waals surface area (Å²) >= 11 is 0. The highest BCUT2D eigenvalue weighted by Gasteiger charge is 2.41. The first-order chi connectivity index (χ1) is 29.3. The van der Waals surface area contributed by atoms with Crippen molar-refractivity contribution < 1.29 is 8.83 Å². The van der Waals surface area contributed by atoms with Crippen LogP contribution in [0.25, 0.3) is 82.9 Å². The minimum absolute atomic E-state index is 0.131. The first kappa shape index (κ1) is 33.6. The molecule has 4 heteroatoms. The molecule has 0 aliphatic heterocycles. The lowest BCUT2D eigenvalue weighted by molar-refractivity contribution is 0.647. The molecular formula is C56H40N2O2. The van der Waals surface area contributed by atoms with Crippen molar-refractivity contribution in [3.8, 4) is 28.1 Å². The molecule has 0 saturated heterocycles. The average molecular weight is 773 g/mol. The molecule has 4 nitrogen and oxygen atoms in total. The Labute approximate surface area is 347 Å². The van der Waals surface area contributed by atoms with Crippen LogP contribution in [0.15, 0.2) is 179 Å². The van der Waals surface area contributed by atoms with Gasteiger partial charge >= 0.3 is 0 Å². The zero-order valence-electron chi connectivity index (χ0n) is 33.9. The van der Waals surface area contributed by atoms with Crippen LogP contribution in [0.3, 0.4) is 0 Å². The third-order valence-corrected chi connectivity index (χ3v) is 13.7. The van der Waals surface area contributed by atoms with Gasteiger partial charge in [0, 0.05) is 61.1 Å². The van der Waals surface area contributed by atoms with E-state index in [-0.39, 0.29) is 10.8 Å². The SMILES string of the molecule is CC1(C)c2ccccc2-c2cc3c(cc21)oc1cccc(N(c2ccc4c(c2)oc2ccccc24)c2ccc4c5c(n(-c6ccccc6)c4c2)-c2ccccc2C5(C)C)c13. The molecule has 3 aromatic heterocycles. The molecule has 0 bridgehead atoms. The second-order valence-corrected chi connectivity index (χ2v) is 17.7. The van der Waals surface area contributed by atoms with E-state index in [1.807, 2.05) is 12.1 Å². The molecule has 0 radical (unpaired) electrons. The standard InChI is InChI=1S/C56H40N2O2/c1-55(2)43-20-11-8-17-36(43)41-31-42-51(32-45(41)55)60-49-24-14-22-46(52(42)49)57(35-25-27-38-37-18-10-13-23-48(37)59-50(38)30-35)34-26-28-40-47(29-34)58(33-15-6-5-7-16-33)54-39-19-9-12-21-44(39)56(3,4)53(40)54/h5-32H,1-4H3. The van der Waals surface area contributed by atoms with Crippen molar-refractivity contribution >= 4 is 71.8 Å². The van der Waals surface area contributed by atoms with Crippen molar-refractivity contribution in [3.05, 3.63) is 192 Å². The van der Waals surface area contributed by atoms with Crippen molar-refractivity contribution in [3.63, 3.8) is 0 Å². The molecule has 13 rings (SSSR count). The molecule has 0 fully saturated rings. The molecule has 0 amide bonds. The molecule has 60 heavy (non-hydrogen) atoms. The molecule has 286 valence electrons. The maximum absolute atomic E-state index is 6.84. The van der Waals surface area contributed by atoms with Crippen LogP contribution in [0, 0.1) is 0 Å². The Kier molecular flexibility index (Phi) is 6.55. The van der Waals surface area contributed by atoms with E-state index in [0.29, 0.717) is 0 Å². The van der Waals surface area contributed by atoms with Crippen LogP contribution in [0.2, 0.25) is 0 Å². The summed E-state index contributed by atoms with van der Waals surface area (Å²) in [6.07, 6.45) is 0. The lowest BCUT2D eigenvalue weighted by atomic mass is 9.81. The lowest BCUT2D eigenvalue weighted by Crippen LogP contribution is -2.15. The van der Waals surface area contributed by atoms with Crippen LogP contribution in [-0.2, 0) is 10.8 Å². The van der Waals surface area contributed by atoms with Gasteiger partial charge in [0.15, 0.2) is 0 Å². The fourth-order valence-corrected chi connectivity index (χ4v) is 11.0. The first-order valence-electron chi connectivity index (χ1n) is 20.9. The van der Waals surface area contributed by atoms with Gasteiger partial charge in [-0.25, -0.2) is 0 Å². The fourth-order valence-electron chi connectivity index (χ4n) is 11.0. The van der Waals surface area contributed by atoms with Crippen molar-refractivity contribution in [1.82, 2.24) is 4.57 Å². The van der Waals surface area contributed by atoms with Gasteiger partial charge in [0.05, 0.1) is 22.3 Å². The van der Waals surface area contributed by atoms with E-state index in [9.17, 15) is 0 Å². The van der Waals surface area contributed by atoms with E-state index >= 15 is 0 Å². The van der Waals surface area contributed by atoms with Gasteiger partial charge in [0.1, 0.15) is 22.3 Å². The van der Waals surface area contributed by atoms with Crippen LogP contribution in [0.1, 0.15) is 49.9 Å². The number of fused-ring (bicyclic) bond motifs is 14. The lowest BCUT2D eigenvalue weighted by Gasteiger charge is -2.27. The minimum Gasteiger partial charge on any atom is -0.456 e. The Balaban J connectivity index is 1.11. The summed E-state index contributed by atoms with van der Waals surface area (Å²) in [6.45, 7) is 9.39. The number of aromatic nitrogens is 1. The van der Waals surface area contributed by atoms with Gasteiger partial charge in [-0.15, -0.1) is 0 Å². The molecule has 0 unspecified atom stereocenters. The maximum atomic E-state index is 6.84. The minimum atomic E-state index is -0.174. The maximum Gasteiger partial charge on any atom is 0.137 e. The number of para-hydroxylation sites is 2. The zero-order chi connectivity index (χ0) is 40.1. The highest BCUT2D eigenvalue weighted by atomic mass is 16.3. The summed E-state index contributed by atoms with van der Waals surface area (Å²) in [5.74, 6) is 0. The van der Waals surface area contributed by atoms with Crippen LogP contribution in [0.4, 0.5) is 17.1 Å². The number of anilines is 3. The van der Waals surface area contributed by atoms with Crippen molar-refractivity contribution in [1.29, 1.82) is 0 Å². The van der Waals surface area contributed by atoms with E-state index in [1.165, 1.54) is 55.5 Å². The van der Waals surface area contributed by atoms with Gasteiger partial charge < -0.3 is 18.3 Å². The topological polar surface area (TPSA) is 34.5 Å². The molecule has 0 saturated carbocycles. The molecule has 0 spiro atoms. The predicted octanol–water partition coefficient (Wildman–Crippen LogP) is 15.5. The van der Waals surface area contributed by atoms with Gasteiger partial charge in [-0.1, -0.05) is 125 Å². The largest absolute Gasteiger partial charge is 0.456 e. The van der Waals surface area contributed by atoms with Crippen molar-refractivity contribution in [2.45, 2.75) is 38.5 Å². The number of benzene rings is 8. The normalized spacial score (nSPS) is 14.6. The van der Waals surface area contributed by atoms with Crippen molar-refractivity contribution in [2.75, 3.05) is 4.90 Å². The number of nitrogens with zero attached hydrogens (tertiary/aromatic N) is 2. The van der Waals surface area contributed by atoms with Gasteiger partial charge in [-0.05, 0) is 100 Å². The van der Waals surface area contributed by atoms with Crippen LogP contribution >= 0.6 is 0 Å². The quantitative estimate of drug-likeness (QED) is 0.179. The molecule has 3 heterocycles. The second kappa shape index (κ2) is 11.7. The Bertz CT molecular complexity index is 3610. The summed E-state index contributed by atoms with van der Waals surface area (Å²) in [6, 6.07) is 61.7. The second-order valence-electron chi connectivity index (χ2n) is 17.7. The molecule has 0 atom stereocenters. The Morgan fingerprint density at radius 3 is 1.90 bits per heavy atom. The summed E-state index contributed by atoms with van der Waals surface area (Å²) in [4.78, 5) is 2.40. The zero-order valence-corrected chi connectivity index (χ0v) is 33.9. The van der Waals surface area contributed by atoms with Crippen molar-refractivity contribution in [2.24, 2.45) is 0 Å². The Hall–Kier alpha value is -7.30. The summed E-state index contributed by atoms with van der Waals surface area (Å²) in [5, 5.41) is 5.66. The van der Waals surface area contributed by atoms with E-state index in [0.717, 1.165) is 66.6 Å². The molecule has 2 aliphatic rings. The van der Waals surface area contributed by atoms with Gasteiger partial charge in [-0.3, -0.25) is 0 Å². The highest BCUT2D eigenvalue weighted by Crippen LogP contribution is 2.56. The van der Waals surface area contributed by atoms with E-state index < -0.39 is 0 Å². The molecular weight excluding hydrogens is 733 g/mol. The molecule has 8 aromatic carbocycles. The highest BCUT2D eigenvalue weighted by molar-refractivity contribution is 6.16. The predicted molar refractivity (Wildman–Crippen MR) is 248 cm³/mol. The third-order valence-electron chi connectivity index (χ3n) is 13.7. The van der Waals surface area contributed by atoms with E-state index in [4.69, 9.17) is 8.83 Å². The van der Waals surface area contributed by atoms with Gasteiger partial charge in [0.25, 0.3) is 0 Å². The number of furan rings is 2. The number of hydrogen-bond acceptors (Lipinski definition) is 3. The van der Waals surface area contributed by atoms with Crippen LogP contribution in [0.5, 0.6) is 0 Å². The Morgan fingerprint density at radius 2 is 1.07 bits per heavy atom. The number of rotatable bonds is 4. The average Bonchev–Trinajstić information content (AvgIpc) is 4.04. The summed E-state index contributed by atoms with van der Waals surface area (Å²) in [5.41, 5.74) is 19.1. The molecule has 0 N–H and O–H groups in total. The monoisotopic (exact) mass is 772 g/mol. The van der Waals surface area contributed by atoms with Gasteiger partial charge in [-0.2, -0.15) is 0 Å². The third kappa shape index (κ3) is 4.35. The summed E-state index contributed by atoms with van der Waals surface area (Å²) in [7, 11) is 0. The number of hydrogen-bond donors (Lipinski definition) is 0. The fraction of sp³-hybridized carbons (Fsp3) is 0.107. The molecule has 2 aliphatic carbocycles. The Morgan fingerprint density at radius 1 is 0.433 bits per heavy atom.